The predicted octanol–water partition coefficient (Wildman–Crippen LogP) is 5.47. The molecule has 3 aliphatic rings. The number of ether oxygens (including phenoxy) is 3. The van der Waals surface area contributed by atoms with E-state index in [9.17, 15) is 4.79 Å². The van der Waals surface area contributed by atoms with Crippen LogP contribution in [0.25, 0.3) is 0 Å². The summed E-state index contributed by atoms with van der Waals surface area (Å²) in [5.41, 5.74) is 2.48. The maximum atomic E-state index is 12.3. The maximum absolute atomic E-state index is 12.3. The first-order valence-corrected chi connectivity index (χ1v) is 11.8. The molecule has 2 bridgehead atoms. The van der Waals surface area contributed by atoms with Crippen molar-refractivity contribution in [2.24, 2.45) is 17.8 Å². The van der Waals surface area contributed by atoms with Crippen molar-refractivity contribution in [3.05, 3.63) is 64.2 Å². The molecule has 2 aromatic carbocycles. The van der Waals surface area contributed by atoms with Crippen LogP contribution in [0, 0.1) is 17.8 Å². The van der Waals surface area contributed by atoms with E-state index < -0.39 is 11.8 Å². The number of hydrogen-bond donors (Lipinski definition) is 0. The van der Waals surface area contributed by atoms with E-state index in [0.717, 1.165) is 19.6 Å². The van der Waals surface area contributed by atoms with E-state index in [-0.39, 0.29) is 6.10 Å². The first-order valence-electron chi connectivity index (χ1n) is 11.4. The average Bonchev–Trinajstić information content (AvgIpc) is 3.05. The van der Waals surface area contributed by atoms with Crippen LogP contribution in [0.2, 0.25) is 5.02 Å². The number of likely N-dealkylation sites (tertiary alicyclic amines) is 1. The summed E-state index contributed by atoms with van der Waals surface area (Å²) < 4.78 is 18.1. The number of esters is 1. The molecule has 4 atom stereocenters. The molecule has 5 nitrogen and oxygen atoms in total. The Morgan fingerprint density at radius 3 is 2.53 bits per heavy atom. The monoisotopic (exact) mass is 455 g/mol. The number of fused-ring (bicyclic) bond motifs is 3. The summed E-state index contributed by atoms with van der Waals surface area (Å²) in [5.74, 6) is 0.761. The van der Waals surface area contributed by atoms with Crippen molar-refractivity contribution in [1.82, 2.24) is 4.90 Å². The number of rotatable bonds is 4. The largest absolute Gasteiger partial charge is 0.465 e. The maximum Gasteiger partial charge on any atom is 0.338 e. The van der Waals surface area contributed by atoms with Gasteiger partial charge in [-0.05, 0) is 49.3 Å². The SMILES string of the molecule is COC(=O)c1cc(Cl)cc2c1C(C)OC(C)(C1C3CCC1CN(Cc1ccccc1)C3)O2. The number of carbonyl (C=O) groups is 1. The van der Waals surface area contributed by atoms with E-state index in [2.05, 4.69) is 42.2 Å². The Bertz CT molecular complexity index is 998. The lowest BCUT2D eigenvalue weighted by Gasteiger charge is -2.49. The van der Waals surface area contributed by atoms with Crippen molar-refractivity contribution < 1.29 is 19.0 Å². The Morgan fingerprint density at radius 2 is 1.88 bits per heavy atom. The summed E-state index contributed by atoms with van der Waals surface area (Å²) in [6.07, 6.45) is 2.08. The molecule has 0 spiro atoms. The van der Waals surface area contributed by atoms with E-state index in [0.29, 0.717) is 39.7 Å². The van der Waals surface area contributed by atoms with Gasteiger partial charge in [0.1, 0.15) is 5.75 Å². The fraction of sp³-hybridized carbons (Fsp3) is 0.500. The summed E-state index contributed by atoms with van der Waals surface area (Å²) >= 11 is 6.34. The molecule has 0 N–H and O–H groups in total. The molecule has 6 heteroatoms. The number of carbonyl (C=O) groups excluding carboxylic acids is 1. The second kappa shape index (κ2) is 8.36. The van der Waals surface area contributed by atoms with E-state index in [4.69, 9.17) is 25.8 Å². The molecular formula is C26H30ClNO4. The summed E-state index contributed by atoms with van der Waals surface area (Å²) in [6.45, 7) is 7.11. The minimum Gasteiger partial charge on any atom is -0.465 e. The molecule has 0 aromatic heterocycles. The van der Waals surface area contributed by atoms with E-state index in [1.54, 1.807) is 12.1 Å². The lowest BCUT2D eigenvalue weighted by Crippen LogP contribution is -2.56. The summed E-state index contributed by atoms with van der Waals surface area (Å²) in [6, 6.07) is 14.1. The first-order chi connectivity index (χ1) is 15.4. The zero-order valence-electron chi connectivity index (χ0n) is 18.8. The lowest BCUT2D eigenvalue weighted by atomic mass is 9.78. The topological polar surface area (TPSA) is 48.0 Å². The molecule has 4 unspecified atom stereocenters. The molecule has 32 heavy (non-hydrogen) atoms. The smallest absolute Gasteiger partial charge is 0.338 e. The molecule has 2 aromatic rings. The number of nitrogens with zero attached hydrogens (tertiary/aromatic N) is 1. The Morgan fingerprint density at radius 1 is 1.19 bits per heavy atom. The van der Waals surface area contributed by atoms with Crippen LogP contribution in [0.3, 0.4) is 0 Å². The van der Waals surface area contributed by atoms with Gasteiger partial charge in [-0.25, -0.2) is 4.79 Å². The number of benzene rings is 2. The second-order valence-corrected chi connectivity index (χ2v) is 9.97. The zero-order chi connectivity index (χ0) is 22.5. The van der Waals surface area contributed by atoms with Gasteiger partial charge in [-0.15, -0.1) is 0 Å². The molecule has 5 rings (SSSR count). The normalized spacial score (nSPS) is 31.6. The highest BCUT2D eigenvalue weighted by Crippen LogP contribution is 2.53. The third-order valence-corrected chi connectivity index (χ3v) is 7.62. The van der Waals surface area contributed by atoms with Crippen LogP contribution >= 0.6 is 11.6 Å². The summed E-state index contributed by atoms with van der Waals surface area (Å²) in [4.78, 5) is 14.9. The van der Waals surface area contributed by atoms with Crippen LogP contribution in [0.4, 0.5) is 0 Å². The van der Waals surface area contributed by atoms with Crippen molar-refractivity contribution >= 4 is 17.6 Å². The Kier molecular flexibility index (Phi) is 5.68. The summed E-state index contributed by atoms with van der Waals surface area (Å²) in [5, 5.41) is 0.459. The molecular weight excluding hydrogens is 426 g/mol. The van der Waals surface area contributed by atoms with Gasteiger partial charge >= 0.3 is 5.97 Å². The molecule has 0 amide bonds. The van der Waals surface area contributed by atoms with Crippen molar-refractivity contribution in [2.75, 3.05) is 20.2 Å². The molecule has 2 heterocycles. The van der Waals surface area contributed by atoms with Gasteiger partial charge in [0.15, 0.2) is 0 Å². The minimum atomic E-state index is -0.755. The predicted molar refractivity (Wildman–Crippen MR) is 123 cm³/mol. The van der Waals surface area contributed by atoms with E-state index >= 15 is 0 Å². The molecule has 0 radical (unpaired) electrons. The van der Waals surface area contributed by atoms with Crippen LogP contribution in [0.15, 0.2) is 42.5 Å². The first kappa shape index (κ1) is 21.7. The van der Waals surface area contributed by atoms with Crippen LogP contribution in [-0.2, 0) is 16.0 Å². The molecule has 1 aliphatic carbocycles. The fourth-order valence-electron chi connectivity index (χ4n) is 6.32. The molecule has 170 valence electrons. The lowest BCUT2D eigenvalue weighted by molar-refractivity contribution is -0.263. The van der Waals surface area contributed by atoms with Gasteiger partial charge in [0, 0.05) is 43.1 Å². The number of hydrogen-bond acceptors (Lipinski definition) is 5. The van der Waals surface area contributed by atoms with Gasteiger partial charge in [-0.2, -0.15) is 0 Å². The molecule has 2 fully saturated rings. The molecule has 1 saturated carbocycles. The van der Waals surface area contributed by atoms with Gasteiger partial charge in [-0.3, -0.25) is 4.90 Å². The number of methoxy groups -OCH3 is 1. The van der Waals surface area contributed by atoms with Crippen molar-refractivity contribution in [1.29, 1.82) is 0 Å². The second-order valence-electron chi connectivity index (χ2n) is 9.54. The van der Waals surface area contributed by atoms with Crippen molar-refractivity contribution in [3.8, 4) is 5.75 Å². The standard InChI is InChI=1S/C26H30ClNO4/c1-16-23-21(25(29)30-3)11-20(27)12-22(23)32-26(2,31-16)24-18-9-10-19(24)15-28(14-18)13-17-7-5-4-6-8-17/h4-8,11-12,16,18-19,24H,9-10,13-15H2,1-3H3. The van der Waals surface area contributed by atoms with Gasteiger partial charge in [-0.1, -0.05) is 41.9 Å². The van der Waals surface area contributed by atoms with Gasteiger partial charge in [0.25, 0.3) is 0 Å². The highest BCUT2D eigenvalue weighted by molar-refractivity contribution is 6.31. The van der Waals surface area contributed by atoms with E-state index in [1.807, 2.05) is 6.92 Å². The summed E-state index contributed by atoms with van der Waals surface area (Å²) in [7, 11) is 1.37. The van der Waals surface area contributed by atoms with Crippen LogP contribution in [-0.4, -0.2) is 36.9 Å². The van der Waals surface area contributed by atoms with Crippen molar-refractivity contribution in [2.45, 2.75) is 45.1 Å². The van der Waals surface area contributed by atoms with Crippen LogP contribution in [0.1, 0.15) is 54.3 Å². The number of halogens is 1. The fourth-order valence-corrected chi connectivity index (χ4v) is 6.53. The molecule has 1 saturated heterocycles. The average molecular weight is 456 g/mol. The van der Waals surface area contributed by atoms with E-state index in [1.165, 1.54) is 25.5 Å². The number of piperidine rings is 1. The van der Waals surface area contributed by atoms with Gasteiger partial charge < -0.3 is 14.2 Å². The van der Waals surface area contributed by atoms with Crippen molar-refractivity contribution in [3.63, 3.8) is 0 Å². The zero-order valence-corrected chi connectivity index (χ0v) is 19.6. The molecule has 2 aliphatic heterocycles. The van der Waals surface area contributed by atoms with Gasteiger partial charge in [0.2, 0.25) is 5.79 Å². The third kappa shape index (κ3) is 3.81. The highest BCUT2D eigenvalue weighted by atomic mass is 35.5. The third-order valence-electron chi connectivity index (χ3n) is 7.41. The highest BCUT2D eigenvalue weighted by Gasteiger charge is 2.55. The van der Waals surface area contributed by atoms with Gasteiger partial charge in [0.05, 0.1) is 18.8 Å². The van der Waals surface area contributed by atoms with Crippen LogP contribution in [0.5, 0.6) is 5.75 Å². The Labute approximate surface area is 194 Å². The quantitative estimate of drug-likeness (QED) is 0.572. The Hall–Kier alpha value is -2.08. The minimum absolute atomic E-state index is 0.295. The van der Waals surface area contributed by atoms with Crippen LogP contribution < -0.4 is 4.74 Å². The Balaban J connectivity index is 1.40.